The second-order valence-electron chi connectivity index (χ2n) is 13.6. The zero-order chi connectivity index (χ0) is 37.8. The second kappa shape index (κ2) is 43.8. The molecule has 0 unspecified atom stereocenters. The molecule has 1 rings (SSSR count). The van der Waals surface area contributed by atoms with Crippen LogP contribution in [0.15, 0.2) is 0 Å². The van der Waals surface area contributed by atoms with E-state index >= 15 is 0 Å². The molecule has 0 saturated carbocycles. The number of carbonyl (C=O) groups is 1. The highest BCUT2D eigenvalue weighted by molar-refractivity contribution is 5.69. The van der Waals surface area contributed by atoms with Gasteiger partial charge in [-0.2, -0.15) is 0 Å². The molecule has 1 aliphatic rings. The highest BCUT2D eigenvalue weighted by atomic mass is 16.6. The fourth-order valence-electron chi connectivity index (χ4n) is 5.80. The molecule has 1 fully saturated rings. The molecule has 0 spiro atoms. The molecule has 0 aromatic rings. The van der Waals surface area contributed by atoms with E-state index in [0.717, 1.165) is 38.8 Å². The maximum absolute atomic E-state index is 11.9. The Morgan fingerprint density at radius 3 is 1.08 bits per heavy atom. The van der Waals surface area contributed by atoms with Gasteiger partial charge in [0.05, 0.1) is 118 Å². The van der Waals surface area contributed by atoms with Crippen molar-refractivity contribution < 1.29 is 52.2 Å². The van der Waals surface area contributed by atoms with Crippen molar-refractivity contribution >= 4 is 5.97 Å². The first-order valence-electron chi connectivity index (χ1n) is 21.4. The average Bonchev–Trinajstić information content (AvgIpc) is 3.17. The monoisotopic (exact) mass is 764 g/mol. The smallest absolute Gasteiger partial charge is 0.305 e. The molecule has 12 nitrogen and oxygen atoms in total. The second-order valence-corrected chi connectivity index (χ2v) is 13.6. The van der Waals surface area contributed by atoms with Crippen molar-refractivity contribution in [3.8, 4) is 0 Å². The van der Waals surface area contributed by atoms with Crippen LogP contribution in [0.25, 0.3) is 0 Å². The Kier molecular flexibility index (Phi) is 41.4. The van der Waals surface area contributed by atoms with Crippen LogP contribution in [0.1, 0.15) is 122 Å². The molecule has 53 heavy (non-hydrogen) atoms. The van der Waals surface area contributed by atoms with Crippen LogP contribution in [0.5, 0.6) is 0 Å². The minimum Gasteiger partial charge on any atom is -0.463 e. The van der Waals surface area contributed by atoms with Gasteiger partial charge < -0.3 is 52.7 Å². The molecule has 0 atom stereocenters. The summed E-state index contributed by atoms with van der Waals surface area (Å²) >= 11 is 0. The van der Waals surface area contributed by atoms with Crippen LogP contribution >= 0.6 is 0 Å². The van der Waals surface area contributed by atoms with Crippen LogP contribution in [0.3, 0.4) is 0 Å². The Labute approximate surface area is 323 Å². The molecule has 316 valence electrons. The maximum Gasteiger partial charge on any atom is 0.305 e. The van der Waals surface area contributed by atoms with Crippen molar-refractivity contribution in [1.29, 1.82) is 0 Å². The van der Waals surface area contributed by atoms with Gasteiger partial charge in [0.1, 0.15) is 6.61 Å². The molecule has 1 N–H and O–H groups in total. The molecule has 0 aromatic heterocycles. The van der Waals surface area contributed by atoms with E-state index in [1.54, 1.807) is 0 Å². The van der Waals surface area contributed by atoms with E-state index < -0.39 is 0 Å². The van der Waals surface area contributed by atoms with E-state index in [4.69, 9.17) is 47.4 Å². The lowest BCUT2D eigenvalue weighted by atomic mass is 10.0. The summed E-state index contributed by atoms with van der Waals surface area (Å²) in [5.74, 6) is -0.127. The highest BCUT2D eigenvalue weighted by Crippen LogP contribution is 2.14. The fourth-order valence-corrected chi connectivity index (χ4v) is 5.80. The summed E-state index contributed by atoms with van der Waals surface area (Å²) in [4.78, 5) is 11.9. The third-order valence-electron chi connectivity index (χ3n) is 8.95. The number of piperidine rings is 1. The van der Waals surface area contributed by atoms with E-state index in [9.17, 15) is 4.79 Å². The predicted molar refractivity (Wildman–Crippen MR) is 209 cm³/mol. The van der Waals surface area contributed by atoms with E-state index in [2.05, 4.69) is 12.2 Å². The summed E-state index contributed by atoms with van der Waals surface area (Å²) in [5.41, 5.74) is 0. The number of rotatable bonds is 44. The molecular formula is C41H81NO11. The Bertz CT molecular complexity index is 715. The number of unbranched alkanes of at least 4 members (excludes halogenated alkanes) is 14. The zero-order valence-corrected chi connectivity index (χ0v) is 33.9. The van der Waals surface area contributed by atoms with Crippen molar-refractivity contribution in [2.75, 3.05) is 132 Å². The van der Waals surface area contributed by atoms with Crippen molar-refractivity contribution in [2.45, 2.75) is 129 Å². The van der Waals surface area contributed by atoms with Crippen LogP contribution in [0.4, 0.5) is 0 Å². The van der Waals surface area contributed by atoms with Gasteiger partial charge in [-0.25, -0.2) is 0 Å². The predicted octanol–water partition coefficient (Wildman–Crippen LogP) is 6.69. The summed E-state index contributed by atoms with van der Waals surface area (Å²) in [6.07, 6.45) is 22.8. The lowest BCUT2D eigenvalue weighted by Crippen LogP contribution is -2.33. The summed E-state index contributed by atoms with van der Waals surface area (Å²) < 4.78 is 55.1. The van der Waals surface area contributed by atoms with Gasteiger partial charge >= 0.3 is 5.97 Å². The number of ether oxygens (including phenoxy) is 10. The standard InChI is InChI=1S/C41H81NO11/c1-2-3-4-5-6-7-8-9-10-11-12-13-14-15-16-17-41(43)53-39-37-51-35-33-49-31-29-47-27-25-45-23-22-44-24-26-46-28-30-48-32-34-50-36-38-52-40-18-20-42-21-19-40/h40,42H,2-39H2,1H3. The third-order valence-corrected chi connectivity index (χ3v) is 8.95. The van der Waals surface area contributed by atoms with Crippen LogP contribution in [0, 0.1) is 0 Å². The van der Waals surface area contributed by atoms with E-state index in [1.165, 1.54) is 83.5 Å². The Balaban J connectivity index is 1.63. The highest BCUT2D eigenvalue weighted by Gasteiger charge is 2.12. The van der Waals surface area contributed by atoms with Gasteiger partial charge in [-0.15, -0.1) is 0 Å². The third kappa shape index (κ3) is 40.5. The molecule has 12 heteroatoms. The van der Waals surface area contributed by atoms with Gasteiger partial charge in [0.15, 0.2) is 0 Å². The number of nitrogens with one attached hydrogen (secondary N) is 1. The van der Waals surface area contributed by atoms with E-state index in [1.807, 2.05) is 0 Å². The van der Waals surface area contributed by atoms with Crippen molar-refractivity contribution in [1.82, 2.24) is 5.32 Å². The van der Waals surface area contributed by atoms with Crippen LogP contribution in [0.2, 0.25) is 0 Å². The van der Waals surface area contributed by atoms with E-state index in [0.29, 0.717) is 131 Å². The van der Waals surface area contributed by atoms with Crippen molar-refractivity contribution in [2.24, 2.45) is 0 Å². The first kappa shape index (κ1) is 50.1. The fraction of sp³-hybridized carbons (Fsp3) is 0.976. The molecule has 0 radical (unpaired) electrons. The summed E-state index contributed by atoms with van der Waals surface area (Å²) in [6, 6.07) is 0. The maximum atomic E-state index is 11.9. The lowest BCUT2D eigenvalue weighted by molar-refractivity contribution is -0.145. The van der Waals surface area contributed by atoms with Crippen molar-refractivity contribution in [3.05, 3.63) is 0 Å². The Morgan fingerprint density at radius 2 is 0.717 bits per heavy atom. The summed E-state index contributed by atoms with van der Waals surface area (Å²) in [6.45, 7) is 13.5. The largest absolute Gasteiger partial charge is 0.463 e. The minimum atomic E-state index is -0.127. The topological polar surface area (TPSA) is 121 Å². The SMILES string of the molecule is CCCCCCCCCCCCCCCCCC(=O)OCCOCCOCCOCCOCCOCCOCCOCCOCCOC1CCNCC1. The Morgan fingerprint density at radius 1 is 0.415 bits per heavy atom. The lowest BCUT2D eigenvalue weighted by Gasteiger charge is -2.22. The molecule has 0 bridgehead atoms. The molecule has 0 aliphatic carbocycles. The van der Waals surface area contributed by atoms with Gasteiger partial charge in [-0.1, -0.05) is 96.8 Å². The molecule has 1 heterocycles. The summed E-state index contributed by atoms with van der Waals surface area (Å²) in [5, 5.41) is 3.33. The van der Waals surface area contributed by atoms with Crippen LogP contribution < -0.4 is 5.32 Å². The zero-order valence-electron chi connectivity index (χ0n) is 33.9. The number of hydrogen-bond donors (Lipinski definition) is 1. The normalized spacial score (nSPS) is 13.6. The van der Waals surface area contributed by atoms with Crippen molar-refractivity contribution in [3.63, 3.8) is 0 Å². The number of carbonyl (C=O) groups excluding carboxylic acids is 1. The quantitative estimate of drug-likeness (QED) is 0.0526. The van der Waals surface area contributed by atoms with Crippen LogP contribution in [-0.4, -0.2) is 144 Å². The van der Waals surface area contributed by atoms with Gasteiger partial charge in [0.25, 0.3) is 0 Å². The average molecular weight is 764 g/mol. The summed E-state index contributed by atoms with van der Waals surface area (Å²) in [7, 11) is 0. The molecular weight excluding hydrogens is 682 g/mol. The first-order chi connectivity index (χ1) is 26.3. The first-order valence-corrected chi connectivity index (χ1v) is 21.4. The molecule has 1 saturated heterocycles. The van der Waals surface area contributed by atoms with Gasteiger partial charge in [-0.05, 0) is 32.4 Å². The van der Waals surface area contributed by atoms with E-state index in [-0.39, 0.29) is 5.97 Å². The van der Waals surface area contributed by atoms with Crippen LogP contribution in [-0.2, 0) is 52.2 Å². The van der Waals surface area contributed by atoms with Gasteiger partial charge in [0, 0.05) is 6.42 Å². The molecule has 0 aromatic carbocycles. The molecule has 0 amide bonds. The Hall–Kier alpha value is -0.930. The number of esters is 1. The minimum absolute atomic E-state index is 0.127. The molecule has 1 aliphatic heterocycles. The van der Waals surface area contributed by atoms with Gasteiger partial charge in [-0.3, -0.25) is 4.79 Å². The number of hydrogen-bond acceptors (Lipinski definition) is 12. The van der Waals surface area contributed by atoms with Gasteiger partial charge in [0.2, 0.25) is 0 Å².